The Morgan fingerprint density at radius 3 is 2.78 bits per heavy atom. The van der Waals surface area contributed by atoms with Crippen LogP contribution < -0.4 is 5.32 Å². The molecule has 27 heavy (non-hydrogen) atoms. The van der Waals surface area contributed by atoms with Gasteiger partial charge < -0.3 is 10.2 Å². The summed E-state index contributed by atoms with van der Waals surface area (Å²) >= 11 is 0. The van der Waals surface area contributed by atoms with Crippen molar-refractivity contribution in [1.82, 2.24) is 4.90 Å². The molecule has 0 radical (unpaired) electrons. The predicted molar refractivity (Wildman–Crippen MR) is 97.6 cm³/mol. The Bertz CT molecular complexity index is 962. The minimum absolute atomic E-state index is 0.0323. The van der Waals surface area contributed by atoms with E-state index in [1.165, 1.54) is 12.1 Å². The van der Waals surface area contributed by atoms with Gasteiger partial charge in [-0.25, -0.2) is 4.39 Å². The van der Waals surface area contributed by atoms with Crippen LogP contribution in [0.3, 0.4) is 0 Å². The first-order valence-electron chi connectivity index (χ1n) is 8.95. The second kappa shape index (κ2) is 6.84. The lowest BCUT2D eigenvalue weighted by Gasteiger charge is -2.33. The van der Waals surface area contributed by atoms with Gasteiger partial charge in [-0.3, -0.25) is 9.59 Å². The van der Waals surface area contributed by atoms with Crippen LogP contribution in [0.2, 0.25) is 0 Å². The zero-order chi connectivity index (χ0) is 19.0. The largest absolute Gasteiger partial charge is 0.337 e. The number of nitrogens with zero attached hydrogens (tertiary/aromatic N) is 2. The number of nitriles is 1. The van der Waals surface area contributed by atoms with E-state index >= 15 is 0 Å². The van der Waals surface area contributed by atoms with Crippen LogP contribution in [0.1, 0.15) is 40.2 Å². The maximum atomic E-state index is 13.5. The lowest BCUT2D eigenvalue weighted by molar-refractivity contribution is -0.118. The standard InChI is InChI=1S/C21H18FN3O2/c22-19-8-7-15(9-14(19)10-23)24-20(26)18-12-25(11-13-5-6-13)21(27)17-4-2-1-3-16(17)18/h1-4,7-9,13,18H,5-6,11-12H2,(H,24,26)/t18-/m0/s1. The van der Waals surface area contributed by atoms with Crippen LogP contribution in [0.4, 0.5) is 10.1 Å². The topological polar surface area (TPSA) is 73.2 Å². The number of halogens is 1. The van der Waals surface area contributed by atoms with Crippen molar-refractivity contribution in [2.24, 2.45) is 5.92 Å². The normalized spacial score (nSPS) is 18.6. The molecule has 5 nitrogen and oxygen atoms in total. The minimum Gasteiger partial charge on any atom is -0.337 e. The van der Waals surface area contributed by atoms with Gasteiger partial charge in [0.05, 0.1) is 11.5 Å². The van der Waals surface area contributed by atoms with Crippen molar-refractivity contribution < 1.29 is 14.0 Å². The van der Waals surface area contributed by atoms with E-state index < -0.39 is 11.7 Å². The molecule has 0 saturated heterocycles. The van der Waals surface area contributed by atoms with E-state index in [1.54, 1.807) is 29.2 Å². The Morgan fingerprint density at radius 2 is 2.04 bits per heavy atom. The maximum Gasteiger partial charge on any atom is 0.254 e. The maximum absolute atomic E-state index is 13.5. The van der Waals surface area contributed by atoms with E-state index in [1.807, 2.05) is 6.07 Å². The lowest BCUT2D eigenvalue weighted by Crippen LogP contribution is -2.44. The summed E-state index contributed by atoms with van der Waals surface area (Å²) in [6.45, 7) is 0.997. The number of rotatable bonds is 4. The van der Waals surface area contributed by atoms with E-state index in [9.17, 15) is 14.0 Å². The van der Waals surface area contributed by atoms with Crippen molar-refractivity contribution in [2.75, 3.05) is 18.4 Å². The Hall–Kier alpha value is -3.20. The first-order valence-corrected chi connectivity index (χ1v) is 8.95. The fourth-order valence-corrected chi connectivity index (χ4v) is 3.48. The molecule has 4 rings (SSSR count). The van der Waals surface area contributed by atoms with Crippen LogP contribution in [0, 0.1) is 23.1 Å². The van der Waals surface area contributed by atoms with E-state index in [2.05, 4.69) is 5.32 Å². The number of nitrogens with one attached hydrogen (secondary N) is 1. The molecule has 136 valence electrons. The van der Waals surface area contributed by atoms with Gasteiger partial charge in [0.1, 0.15) is 11.9 Å². The number of anilines is 1. The van der Waals surface area contributed by atoms with Crippen LogP contribution in [0.5, 0.6) is 0 Å². The van der Waals surface area contributed by atoms with Crippen LogP contribution >= 0.6 is 0 Å². The van der Waals surface area contributed by atoms with Gasteiger partial charge in [-0.1, -0.05) is 18.2 Å². The molecular weight excluding hydrogens is 345 g/mol. The smallest absolute Gasteiger partial charge is 0.254 e. The van der Waals surface area contributed by atoms with Crippen molar-refractivity contribution >= 4 is 17.5 Å². The summed E-state index contributed by atoms with van der Waals surface area (Å²) in [6, 6.07) is 12.8. The first kappa shape index (κ1) is 17.2. The number of hydrogen-bond donors (Lipinski definition) is 1. The number of carbonyl (C=O) groups excluding carboxylic acids is 2. The van der Waals surface area contributed by atoms with Gasteiger partial charge in [0, 0.05) is 24.3 Å². The first-order chi connectivity index (χ1) is 13.1. The SMILES string of the molecule is N#Cc1cc(NC(=O)[C@H]2CN(CC3CC3)C(=O)c3ccccc32)ccc1F. The van der Waals surface area contributed by atoms with Crippen molar-refractivity contribution in [2.45, 2.75) is 18.8 Å². The molecule has 1 fully saturated rings. The van der Waals surface area contributed by atoms with Crippen molar-refractivity contribution in [3.63, 3.8) is 0 Å². The molecule has 1 aliphatic heterocycles. The second-order valence-corrected chi connectivity index (χ2v) is 7.09. The second-order valence-electron chi connectivity index (χ2n) is 7.09. The molecule has 2 aliphatic rings. The molecule has 1 aliphatic carbocycles. The van der Waals surface area contributed by atoms with E-state index in [4.69, 9.17) is 5.26 Å². The van der Waals surface area contributed by atoms with Crippen molar-refractivity contribution in [3.8, 4) is 6.07 Å². The summed E-state index contributed by atoms with van der Waals surface area (Å²) in [7, 11) is 0. The van der Waals surface area contributed by atoms with Gasteiger partial charge in [0.2, 0.25) is 5.91 Å². The quantitative estimate of drug-likeness (QED) is 0.906. The fourth-order valence-electron chi connectivity index (χ4n) is 3.48. The summed E-state index contributed by atoms with van der Waals surface area (Å²) in [4.78, 5) is 27.4. The molecule has 2 aromatic carbocycles. The predicted octanol–water partition coefficient (Wildman–Crippen LogP) is 3.29. The minimum atomic E-state index is -0.625. The summed E-state index contributed by atoms with van der Waals surface area (Å²) < 4.78 is 13.5. The Labute approximate surface area is 156 Å². The summed E-state index contributed by atoms with van der Waals surface area (Å²) in [5.41, 5.74) is 1.50. The average molecular weight is 363 g/mol. The van der Waals surface area contributed by atoms with Crippen LogP contribution in [-0.4, -0.2) is 29.8 Å². The van der Waals surface area contributed by atoms with Crippen LogP contribution in [0.25, 0.3) is 0 Å². The highest BCUT2D eigenvalue weighted by Crippen LogP contribution is 2.34. The van der Waals surface area contributed by atoms with Gasteiger partial charge in [-0.05, 0) is 48.6 Å². The molecule has 2 aromatic rings. The number of fused-ring (bicyclic) bond motifs is 1. The summed E-state index contributed by atoms with van der Waals surface area (Å²) in [5, 5.41) is 11.7. The molecule has 0 bridgehead atoms. The molecule has 0 unspecified atom stereocenters. The van der Waals surface area contributed by atoms with Crippen molar-refractivity contribution in [3.05, 3.63) is 65.0 Å². The Morgan fingerprint density at radius 1 is 1.26 bits per heavy atom. The third kappa shape index (κ3) is 3.41. The summed E-state index contributed by atoms with van der Waals surface area (Å²) in [5.74, 6) is -0.910. The van der Waals surface area contributed by atoms with Crippen molar-refractivity contribution in [1.29, 1.82) is 5.26 Å². The molecule has 0 spiro atoms. The van der Waals surface area contributed by atoms with Gasteiger partial charge in [-0.15, -0.1) is 0 Å². The third-order valence-corrected chi connectivity index (χ3v) is 5.10. The number of hydrogen-bond acceptors (Lipinski definition) is 3. The molecular formula is C21H18FN3O2. The van der Waals surface area contributed by atoms with Gasteiger partial charge >= 0.3 is 0 Å². The Balaban J connectivity index is 1.61. The molecule has 1 saturated carbocycles. The van der Waals surface area contributed by atoms with E-state index in [0.717, 1.165) is 18.9 Å². The van der Waals surface area contributed by atoms with E-state index in [0.29, 0.717) is 35.8 Å². The average Bonchev–Trinajstić information content (AvgIpc) is 3.49. The molecule has 0 aromatic heterocycles. The summed E-state index contributed by atoms with van der Waals surface area (Å²) in [6.07, 6.45) is 2.24. The fraction of sp³-hybridized carbons (Fsp3) is 0.286. The number of benzene rings is 2. The highest BCUT2D eigenvalue weighted by molar-refractivity contribution is 6.03. The highest BCUT2D eigenvalue weighted by Gasteiger charge is 2.37. The molecule has 1 atom stereocenters. The zero-order valence-electron chi connectivity index (χ0n) is 14.6. The zero-order valence-corrected chi connectivity index (χ0v) is 14.6. The van der Waals surface area contributed by atoms with Crippen LogP contribution in [0.15, 0.2) is 42.5 Å². The monoisotopic (exact) mass is 363 g/mol. The lowest BCUT2D eigenvalue weighted by atomic mass is 9.88. The molecule has 1 heterocycles. The van der Waals surface area contributed by atoms with Gasteiger partial charge in [0.15, 0.2) is 0 Å². The number of carbonyl (C=O) groups is 2. The van der Waals surface area contributed by atoms with Crippen LogP contribution in [-0.2, 0) is 4.79 Å². The van der Waals surface area contributed by atoms with Gasteiger partial charge in [-0.2, -0.15) is 5.26 Å². The highest BCUT2D eigenvalue weighted by atomic mass is 19.1. The third-order valence-electron chi connectivity index (χ3n) is 5.10. The Kier molecular flexibility index (Phi) is 4.36. The van der Waals surface area contributed by atoms with Gasteiger partial charge in [0.25, 0.3) is 5.91 Å². The number of amides is 2. The molecule has 6 heteroatoms. The molecule has 2 amide bonds. The van der Waals surface area contributed by atoms with E-state index in [-0.39, 0.29) is 17.4 Å². The molecule has 1 N–H and O–H groups in total.